The summed E-state index contributed by atoms with van der Waals surface area (Å²) in [6, 6.07) is 3.89. The van der Waals surface area contributed by atoms with E-state index in [1.165, 1.54) is 5.56 Å². The summed E-state index contributed by atoms with van der Waals surface area (Å²) >= 11 is 0. The monoisotopic (exact) mass is 253 g/mol. The normalized spacial score (nSPS) is 11.0. The molecule has 0 aromatic carbocycles. The number of hydrogen-bond acceptors (Lipinski definition) is 4. The molecule has 3 aromatic heterocycles. The average molecular weight is 253 g/mol. The highest BCUT2D eigenvalue weighted by Crippen LogP contribution is 2.23. The van der Waals surface area contributed by atoms with Crippen LogP contribution in [0.15, 0.2) is 43.1 Å². The van der Waals surface area contributed by atoms with E-state index in [2.05, 4.69) is 15.1 Å². The average Bonchev–Trinajstić information content (AvgIpc) is 2.92. The molecule has 0 saturated heterocycles. The number of aryl methyl sites for hydroxylation is 1. The predicted molar refractivity (Wildman–Crippen MR) is 73.6 cm³/mol. The minimum atomic E-state index is 0.685. The molecule has 3 rings (SSSR count). The molecule has 0 amide bonds. The summed E-state index contributed by atoms with van der Waals surface area (Å²) in [6.45, 7) is 0.685. The number of fused-ring (bicyclic) bond motifs is 1. The minimum absolute atomic E-state index is 0.685. The molecule has 96 valence electrons. The second-order valence-electron chi connectivity index (χ2n) is 4.40. The molecule has 0 aliphatic carbocycles. The lowest BCUT2D eigenvalue weighted by Crippen LogP contribution is -2.02. The van der Waals surface area contributed by atoms with Gasteiger partial charge in [-0.1, -0.05) is 0 Å². The van der Waals surface area contributed by atoms with E-state index in [0.717, 1.165) is 29.6 Å². The number of nitrogens with zero attached hydrogens (tertiary/aromatic N) is 4. The lowest BCUT2D eigenvalue weighted by molar-refractivity contribution is 0.829. The zero-order chi connectivity index (χ0) is 13.1. The van der Waals surface area contributed by atoms with Crippen molar-refractivity contribution >= 4 is 5.65 Å². The zero-order valence-corrected chi connectivity index (χ0v) is 10.5. The van der Waals surface area contributed by atoms with E-state index in [4.69, 9.17) is 5.73 Å². The summed E-state index contributed by atoms with van der Waals surface area (Å²) in [4.78, 5) is 8.59. The molecule has 0 atom stereocenters. The van der Waals surface area contributed by atoms with Crippen LogP contribution in [0.25, 0.3) is 16.8 Å². The Kier molecular flexibility index (Phi) is 3.20. The van der Waals surface area contributed by atoms with E-state index >= 15 is 0 Å². The molecule has 0 fully saturated rings. The van der Waals surface area contributed by atoms with Gasteiger partial charge in [0.2, 0.25) is 0 Å². The summed E-state index contributed by atoms with van der Waals surface area (Å²) in [7, 11) is 0. The van der Waals surface area contributed by atoms with Gasteiger partial charge in [0.1, 0.15) is 0 Å². The molecule has 0 aliphatic heterocycles. The van der Waals surface area contributed by atoms with Crippen LogP contribution in [0.5, 0.6) is 0 Å². The second-order valence-corrected chi connectivity index (χ2v) is 4.40. The van der Waals surface area contributed by atoms with Crippen LogP contribution >= 0.6 is 0 Å². The number of nitrogens with two attached hydrogens (primary N) is 1. The Hall–Kier alpha value is -2.27. The highest BCUT2D eigenvalue weighted by atomic mass is 15.2. The summed E-state index contributed by atoms with van der Waals surface area (Å²) in [5.41, 5.74) is 9.82. The van der Waals surface area contributed by atoms with Gasteiger partial charge in [0.25, 0.3) is 0 Å². The quantitative estimate of drug-likeness (QED) is 0.768. The molecule has 0 saturated carbocycles. The molecule has 5 heteroatoms. The maximum Gasteiger partial charge on any atom is 0.154 e. The first-order chi connectivity index (χ1) is 9.38. The maximum atomic E-state index is 5.58. The molecule has 0 radical (unpaired) electrons. The molecule has 5 nitrogen and oxygen atoms in total. The number of hydrogen-bond donors (Lipinski definition) is 1. The van der Waals surface area contributed by atoms with Gasteiger partial charge in [0.05, 0.1) is 6.20 Å². The van der Waals surface area contributed by atoms with Crippen molar-refractivity contribution in [1.29, 1.82) is 0 Å². The van der Waals surface area contributed by atoms with Crippen molar-refractivity contribution in [3.63, 3.8) is 0 Å². The van der Waals surface area contributed by atoms with Gasteiger partial charge in [-0.2, -0.15) is 5.10 Å². The van der Waals surface area contributed by atoms with Crippen LogP contribution in [0.4, 0.5) is 0 Å². The third-order valence-corrected chi connectivity index (χ3v) is 3.11. The molecule has 0 unspecified atom stereocenters. The molecule has 19 heavy (non-hydrogen) atoms. The summed E-state index contributed by atoms with van der Waals surface area (Å²) < 4.78 is 1.78. The third-order valence-electron chi connectivity index (χ3n) is 3.11. The molecular formula is C14H15N5. The van der Waals surface area contributed by atoms with Crippen molar-refractivity contribution in [3.05, 3.63) is 48.7 Å². The van der Waals surface area contributed by atoms with Crippen LogP contribution in [0.2, 0.25) is 0 Å². The topological polar surface area (TPSA) is 69.1 Å². The fourth-order valence-electron chi connectivity index (χ4n) is 2.15. The van der Waals surface area contributed by atoms with Crippen LogP contribution in [-0.4, -0.2) is 26.1 Å². The van der Waals surface area contributed by atoms with E-state index in [1.807, 2.05) is 30.7 Å². The van der Waals surface area contributed by atoms with Gasteiger partial charge in [-0.15, -0.1) is 0 Å². The van der Waals surface area contributed by atoms with E-state index in [1.54, 1.807) is 16.9 Å². The van der Waals surface area contributed by atoms with Crippen LogP contribution in [-0.2, 0) is 6.42 Å². The summed E-state index contributed by atoms with van der Waals surface area (Å²) in [5, 5.41) is 4.22. The lowest BCUT2D eigenvalue weighted by Gasteiger charge is -2.08. The SMILES string of the molecule is NCCCc1cnccc1-c1cnc2ccnn2c1. The second kappa shape index (κ2) is 5.16. The van der Waals surface area contributed by atoms with Crippen molar-refractivity contribution in [2.75, 3.05) is 6.54 Å². The van der Waals surface area contributed by atoms with E-state index in [0.29, 0.717) is 6.54 Å². The number of pyridine rings is 1. The Morgan fingerprint density at radius 3 is 3.00 bits per heavy atom. The Balaban J connectivity index is 2.04. The Labute approximate surface area is 111 Å². The standard InChI is InChI=1S/C14H15N5/c15-5-1-2-11-8-16-6-3-13(11)12-9-17-14-4-7-18-19(14)10-12/h3-4,6-10H,1-2,5,15H2. The Morgan fingerprint density at radius 2 is 2.11 bits per heavy atom. The predicted octanol–water partition coefficient (Wildman–Crippen LogP) is 1.68. The largest absolute Gasteiger partial charge is 0.330 e. The summed E-state index contributed by atoms with van der Waals surface area (Å²) in [5.74, 6) is 0. The molecule has 3 heterocycles. The first kappa shape index (κ1) is 11.8. The van der Waals surface area contributed by atoms with Gasteiger partial charge in [0, 0.05) is 36.4 Å². The smallest absolute Gasteiger partial charge is 0.154 e. The Morgan fingerprint density at radius 1 is 1.16 bits per heavy atom. The van der Waals surface area contributed by atoms with Gasteiger partial charge in [-0.25, -0.2) is 9.50 Å². The highest BCUT2D eigenvalue weighted by Gasteiger charge is 2.06. The third kappa shape index (κ3) is 2.32. The van der Waals surface area contributed by atoms with Crippen molar-refractivity contribution in [1.82, 2.24) is 19.6 Å². The van der Waals surface area contributed by atoms with Crippen molar-refractivity contribution < 1.29 is 0 Å². The van der Waals surface area contributed by atoms with Gasteiger partial charge in [-0.05, 0) is 36.6 Å². The fourth-order valence-corrected chi connectivity index (χ4v) is 2.15. The molecule has 0 bridgehead atoms. The minimum Gasteiger partial charge on any atom is -0.330 e. The lowest BCUT2D eigenvalue weighted by atomic mass is 10.0. The van der Waals surface area contributed by atoms with Gasteiger partial charge in [-0.3, -0.25) is 4.98 Å². The van der Waals surface area contributed by atoms with Crippen LogP contribution < -0.4 is 5.73 Å². The first-order valence-corrected chi connectivity index (χ1v) is 6.31. The highest BCUT2D eigenvalue weighted by molar-refractivity contribution is 5.66. The number of aromatic nitrogens is 4. The van der Waals surface area contributed by atoms with Gasteiger partial charge in [0.15, 0.2) is 5.65 Å². The summed E-state index contributed by atoms with van der Waals surface area (Å²) in [6.07, 6.45) is 11.2. The number of rotatable bonds is 4. The van der Waals surface area contributed by atoms with Crippen LogP contribution in [0.3, 0.4) is 0 Å². The van der Waals surface area contributed by atoms with Crippen molar-refractivity contribution in [2.45, 2.75) is 12.8 Å². The molecular weight excluding hydrogens is 238 g/mol. The van der Waals surface area contributed by atoms with Crippen molar-refractivity contribution in [3.8, 4) is 11.1 Å². The van der Waals surface area contributed by atoms with E-state index in [9.17, 15) is 0 Å². The molecule has 2 N–H and O–H groups in total. The van der Waals surface area contributed by atoms with Crippen LogP contribution in [0, 0.1) is 0 Å². The Bertz CT molecular complexity index is 689. The molecule has 0 spiro atoms. The van der Waals surface area contributed by atoms with Gasteiger partial charge >= 0.3 is 0 Å². The maximum absolute atomic E-state index is 5.58. The fraction of sp³-hybridized carbons (Fsp3) is 0.214. The zero-order valence-electron chi connectivity index (χ0n) is 10.5. The van der Waals surface area contributed by atoms with E-state index < -0.39 is 0 Å². The van der Waals surface area contributed by atoms with Gasteiger partial charge < -0.3 is 5.73 Å². The van der Waals surface area contributed by atoms with Crippen molar-refractivity contribution in [2.24, 2.45) is 5.73 Å². The molecule has 0 aliphatic rings. The van der Waals surface area contributed by atoms with Crippen LogP contribution in [0.1, 0.15) is 12.0 Å². The molecule has 3 aromatic rings. The van der Waals surface area contributed by atoms with E-state index in [-0.39, 0.29) is 0 Å². The first-order valence-electron chi connectivity index (χ1n) is 6.31.